The fourth-order valence-electron chi connectivity index (χ4n) is 2.66. The monoisotopic (exact) mass is 311 g/mol. The first-order valence-corrected chi connectivity index (χ1v) is 8.75. The molecule has 1 fully saturated rings. The topological polar surface area (TPSA) is 43.9 Å². The minimum Gasteiger partial charge on any atom is -0.371 e. The summed E-state index contributed by atoms with van der Waals surface area (Å²) >= 11 is 0. The molecule has 0 amide bonds. The summed E-state index contributed by atoms with van der Waals surface area (Å²) in [5, 5.41) is 0. The zero-order valence-electron chi connectivity index (χ0n) is 13.3. The maximum absolute atomic E-state index is 12.3. The van der Waals surface area contributed by atoms with Crippen LogP contribution in [0.4, 0.5) is 11.4 Å². The Morgan fingerprint density at radius 2 is 1.67 bits per heavy atom. The van der Waals surface area contributed by atoms with Crippen molar-refractivity contribution in [2.45, 2.75) is 26.2 Å². The maximum atomic E-state index is 12.3. The van der Waals surface area contributed by atoms with Crippen LogP contribution in [0.2, 0.25) is 0 Å². The molecule has 0 radical (unpaired) electrons. The number of benzene rings is 1. The Morgan fingerprint density at radius 3 is 2.24 bits per heavy atom. The molecule has 0 aromatic heterocycles. The number of anilines is 2. The largest absolute Gasteiger partial charge is 0.371 e. The van der Waals surface area contributed by atoms with Crippen LogP contribution < -0.4 is 9.21 Å². The normalized spacial score (nSPS) is 16.3. The van der Waals surface area contributed by atoms with Gasteiger partial charge in [0.1, 0.15) is 0 Å². The second-order valence-corrected chi connectivity index (χ2v) is 7.95. The van der Waals surface area contributed by atoms with Crippen molar-refractivity contribution < 1.29 is 8.42 Å². The SMILES string of the molecule is Cc1ccc(N2CCCCC2)cc1N(C)S(=O)(=O)N(C)C. The van der Waals surface area contributed by atoms with Crippen molar-refractivity contribution in [3.8, 4) is 0 Å². The molecule has 0 unspecified atom stereocenters. The zero-order valence-corrected chi connectivity index (χ0v) is 14.2. The molecule has 1 aliphatic rings. The van der Waals surface area contributed by atoms with Gasteiger partial charge in [0.15, 0.2) is 0 Å². The van der Waals surface area contributed by atoms with E-state index in [1.54, 1.807) is 21.1 Å². The Hall–Kier alpha value is -1.27. The summed E-state index contributed by atoms with van der Waals surface area (Å²) in [5.41, 5.74) is 2.81. The van der Waals surface area contributed by atoms with Crippen LogP contribution in [0.15, 0.2) is 18.2 Å². The molecule has 0 saturated carbocycles. The molecule has 1 heterocycles. The van der Waals surface area contributed by atoms with Crippen molar-refractivity contribution >= 4 is 21.6 Å². The number of piperidine rings is 1. The average Bonchev–Trinajstić information content (AvgIpc) is 2.47. The van der Waals surface area contributed by atoms with Crippen LogP contribution in [0.3, 0.4) is 0 Å². The van der Waals surface area contributed by atoms with E-state index in [9.17, 15) is 8.42 Å². The summed E-state index contributed by atoms with van der Waals surface area (Å²) < 4.78 is 27.2. The first-order chi connectivity index (χ1) is 9.84. The second kappa shape index (κ2) is 6.23. The zero-order chi connectivity index (χ0) is 15.6. The predicted octanol–water partition coefficient (Wildman–Crippen LogP) is 2.23. The molecular weight excluding hydrogens is 286 g/mol. The smallest absolute Gasteiger partial charge is 0.303 e. The molecule has 2 rings (SSSR count). The molecule has 118 valence electrons. The first-order valence-electron chi connectivity index (χ1n) is 7.36. The number of hydrogen-bond acceptors (Lipinski definition) is 3. The van der Waals surface area contributed by atoms with Gasteiger partial charge in [-0.2, -0.15) is 12.7 Å². The molecule has 0 N–H and O–H groups in total. The van der Waals surface area contributed by atoms with Gasteiger partial charge in [-0.15, -0.1) is 0 Å². The van der Waals surface area contributed by atoms with Crippen LogP contribution in [0, 0.1) is 6.92 Å². The molecule has 1 aromatic rings. The second-order valence-electron chi connectivity index (χ2n) is 5.78. The van der Waals surface area contributed by atoms with Crippen LogP contribution >= 0.6 is 0 Å². The third kappa shape index (κ3) is 3.32. The van der Waals surface area contributed by atoms with Crippen LogP contribution in [-0.2, 0) is 10.2 Å². The van der Waals surface area contributed by atoms with E-state index < -0.39 is 10.2 Å². The van der Waals surface area contributed by atoms with Crippen molar-refractivity contribution in [2.24, 2.45) is 0 Å². The van der Waals surface area contributed by atoms with E-state index in [0.29, 0.717) is 0 Å². The summed E-state index contributed by atoms with van der Waals surface area (Å²) in [7, 11) is 1.26. The van der Waals surface area contributed by atoms with E-state index in [4.69, 9.17) is 0 Å². The fraction of sp³-hybridized carbons (Fsp3) is 0.600. The number of hydrogen-bond donors (Lipinski definition) is 0. The molecule has 6 heteroatoms. The number of rotatable bonds is 4. The third-order valence-electron chi connectivity index (χ3n) is 4.06. The quantitative estimate of drug-likeness (QED) is 0.856. The van der Waals surface area contributed by atoms with Gasteiger partial charge < -0.3 is 4.90 Å². The number of aryl methyl sites for hydroxylation is 1. The molecule has 21 heavy (non-hydrogen) atoms. The molecule has 1 aromatic carbocycles. The van der Waals surface area contributed by atoms with Gasteiger partial charge in [0.25, 0.3) is 0 Å². The Kier molecular flexibility index (Phi) is 4.78. The molecule has 0 bridgehead atoms. The molecule has 1 aliphatic heterocycles. The molecule has 5 nitrogen and oxygen atoms in total. The maximum Gasteiger partial charge on any atom is 0.303 e. The minimum atomic E-state index is -3.45. The van der Waals surface area contributed by atoms with Crippen molar-refractivity contribution in [1.29, 1.82) is 0 Å². The van der Waals surface area contributed by atoms with Gasteiger partial charge >= 0.3 is 10.2 Å². The van der Waals surface area contributed by atoms with Crippen molar-refractivity contribution in [1.82, 2.24) is 4.31 Å². The highest BCUT2D eigenvalue weighted by Crippen LogP contribution is 2.29. The number of nitrogens with zero attached hydrogens (tertiary/aromatic N) is 3. The van der Waals surface area contributed by atoms with Crippen LogP contribution in [0.1, 0.15) is 24.8 Å². The van der Waals surface area contributed by atoms with E-state index in [0.717, 1.165) is 30.0 Å². The van der Waals surface area contributed by atoms with E-state index in [1.807, 2.05) is 19.1 Å². The average molecular weight is 311 g/mol. The van der Waals surface area contributed by atoms with Crippen molar-refractivity contribution in [3.63, 3.8) is 0 Å². The first kappa shape index (κ1) is 16.1. The van der Waals surface area contributed by atoms with E-state index in [1.165, 1.54) is 27.9 Å². The Labute approximate surface area is 128 Å². The lowest BCUT2D eigenvalue weighted by atomic mass is 10.1. The lowest BCUT2D eigenvalue weighted by Gasteiger charge is -2.31. The fourth-order valence-corrected chi connectivity index (χ4v) is 3.59. The van der Waals surface area contributed by atoms with Gasteiger partial charge in [-0.3, -0.25) is 4.31 Å². The third-order valence-corrected chi connectivity index (χ3v) is 5.87. The highest BCUT2D eigenvalue weighted by Gasteiger charge is 2.23. The predicted molar refractivity (Wildman–Crippen MR) is 88.3 cm³/mol. The van der Waals surface area contributed by atoms with Gasteiger partial charge in [-0.25, -0.2) is 0 Å². The van der Waals surface area contributed by atoms with E-state index >= 15 is 0 Å². The summed E-state index contributed by atoms with van der Waals surface area (Å²) in [6.07, 6.45) is 3.69. The lowest BCUT2D eigenvalue weighted by Crippen LogP contribution is -2.38. The highest BCUT2D eigenvalue weighted by molar-refractivity contribution is 7.90. The standard InChI is InChI=1S/C15H25N3O2S/c1-13-8-9-14(18-10-6-5-7-11-18)12-15(13)17(4)21(19,20)16(2)3/h8-9,12H,5-7,10-11H2,1-4H3. The van der Waals surface area contributed by atoms with Gasteiger partial charge in [-0.05, 0) is 43.9 Å². The van der Waals surface area contributed by atoms with Gasteiger partial charge in [-0.1, -0.05) is 6.07 Å². The minimum absolute atomic E-state index is 0.742. The molecule has 0 atom stereocenters. The lowest BCUT2D eigenvalue weighted by molar-refractivity contribution is 0.519. The van der Waals surface area contributed by atoms with E-state index in [-0.39, 0.29) is 0 Å². The van der Waals surface area contributed by atoms with Gasteiger partial charge in [0, 0.05) is 39.9 Å². The molecule has 1 saturated heterocycles. The Bertz CT molecular complexity index is 593. The van der Waals surface area contributed by atoms with Crippen molar-refractivity contribution in [2.75, 3.05) is 43.4 Å². The van der Waals surface area contributed by atoms with Crippen LogP contribution in [0.5, 0.6) is 0 Å². The van der Waals surface area contributed by atoms with Crippen LogP contribution in [-0.4, -0.2) is 47.0 Å². The Balaban J connectivity index is 2.35. The summed E-state index contributed by atoms with van der Waals surface area (Å²) in [5.74, 6) is 0. The molecule has 0 aliphatic carbocycles. The van der Waals surface area contributed by atoms with Crippen molar-refractivity contribution in [3.05, 3.63) is 23.8 Å². The summed E-state index contributed by atoms with van der Waals surface area (Å²) in [4.78, 5) is 2.34. The summed E-state index contributed by atoms with van der Waals surface area (Å²) in [6, 6.07) is 6.07. The highest BCUT2D eigenvalue weighted by atomic mass is 32.2. The van der Waals surface area contributed by atoms with Crippen LogP contribution in [0.25, 0.3) is 0 Å². The Morgan fingerprint density at radius 1 is 1.05 bits per heavy atom. The van der Waals surface area contributed by atoms with Gasteiger partial charge in [0.2, 0.25) is 0 Å². The van der Waals surface area contributed by atoms with E-state index in [2.05, 4.69) is 11.0 Å². The van der Waals surface area contributed by atoms with Gasteiger partial charge in [0.05, 0.1) is 5.69 Å². The summed E-state index contributed by atoms with van der Waals surface area (Å²) in [6.45, 7) is 4.04. The molecular formula is C15H25N3O2S. The molecule has 0 spiro atoms.